The van der Waals surface area contributed by atoms with Gasteiger partial charge in [-0.3, -0.25) is 14.6 Å². The molecule has 2 amide bonds. The second-order valence-corrected chi connectivity index (χ2v) is 9.17. The minimum atomic E-state index is -0.502. The largest absolute Gasteiger partial charge is 0.324 e. The average Bonchev–Trinajstić information content (AvgIpc) is 3.08. The molecule has 154 valence electrons. The Morgan fingerprint density at radius 2 is 1.83 bits per heavy atom. The van der Waals surface area contributed by atoms with Gasteiger partial charge in [0.1, 0.15) is 11.9 Å². The molecule has 2 aliphatic rings. The molecule has 0 aromatic heterocycles. The number of carbonyl (C=O) groups is 2. The highest BCUT2D eigenvalue weighted by Gasteiger charge is 2.43. The van der Waals surface area contributed by atoms with Gasteiger partial charge in [0, 0.05) is 5.56 Å². The number of aliphatic imine (C=N–C) groups is 2. The Labute approximate surface area is 184 Å². The van der Waals surface area contributed by atoms with Gasteiger partial charge in [-0.1, -0.05) is 61.5 Å². The number of halogens is 1. The molecule has 0 bridgehead atoms. The Morgan fingerprint density at radius 3 is 2.57 bits per heavy atom. The SMILES string of the molecule is CC(SC1=Nc2ccccc2C2=NC(C(C)C)C(=O)N12)C(=O)Nc1ccccc1Cl. The number of nitrogens with one attached hydrogen (secondary N) is 1. The molecule has 6 nitrogen and oxygen atoms in total. The first-order valence-electron chi connectivity index (χ1n) is 9.68. The highest BCUT2D eigenvalue weighted by molar-refractivity contribution is 8.15. The lowest BCUT2D eigenvalue weighted by Crippen LogP contribution is -2.43. The van der Waals surface area contributed by atoms with Crippen LogP contribution < -0.4 is 5.32 Å². The second kappa shape index (κ2) is 8.24. The van der Waals surface area contributed by atoms with Crippen LogP contribution in [-0.2, 0) is 9.59 Å². The van der Waals surface area contributed by atoms with Crippen molar-refractivity contribution in [2.24, 2.45) is 15.9 Å². The fourth-order valence-electron chi connectivity index (χ4n) is 3.29. The number of para-hydroxylation sites is 2. The summed E-state index contributed by atoms with van der Waals surface area (Å²) in [5.74, 6) is 0.333. The van der Waals surface area contributed by atoms with Crippen LogP contribution in [0.4, 0.5) is 11.4 Å². The zero-order chi connectivity index (χ0) is 21.4. The molecule has 2 atom stereocenters. The Morgan fingerprint density at radius 1 is 1.13 bits per heavy atom. The lowest BCUT2D eigenvalue weighted by molar-refractivity contribution is -0.125. The highest BCUT2D eigenvalue weighted by Crippen LogP contribution is 2.36. The van der Waals surface area contributed by atoms with E-state index in [1.807, 2.05) is 38.1 Å². The van der Waals surface area contributed by atoms with Gasteiger partial charge in [0.05, 0.1) is 21.6 Å². The number of amidine groups is 2. The summed E-state index contributed by atoms with van der Waals surface area (Å²) in [5.41, 5.74) is 2.12. The summed E-state index contributed by atoms with van der Waals surface area (Å²) in [6, 6.07) is 14.2. The normalized spacial score (nSPS) is 18.5. The first-order chi connectivity index (χ1) is 14.4. The van der Waals surface area contributed by atoms with Crippen LogP contribution in [0.15, 0.2) is 58.5 Å². The van der Waals surface area contributed by atoms with Crippen molar-refractivity contribution >= 4 is 57.6 Å². The lowest BCUT2D eigenvalue weighted by atomic mass is 10.1. The lowest BCUT2D eigenvalue weighted by Gasteiger charge is -2.27. The van der Waals surface area contributed by atoms with Gasteiger partial charge >= 0.3 is 0 Å². The van der Waals surface area contributed by atoms with Crippen molar-refractivity contribution in [3.63, 3.8) is 0 Å². The van der Waals surface area contributed by atoms with Crippen LogP contribution in [0.3, 0.4) is 0 Å². The molecular formula is C22H21ClN4O2S. The fraction of sp³-hybridized carbons (Fsp3) is 0.273. The van der Waals surface area contributed by atoms with Crippen molar-refractivity contribution in [1.29, 1.82) is 0 Å². The molecule has 8 heteroatoms. The van der Waals surface area contributed by atoms with E-state index in [9.17, 15) is 9.59 Å². The Kier molecular flexibility index (Phi) is 5.66. The summed E-state index contributed by atoms with van der Waals surface area (Å²) in [5, 5.41) is 3.26. The van der Waals surface area contributed by atoms with E-state index in [1.54, 1.807) is 36.1 Å². The van der Waals surface area contributed by atoms with E-state index in [2.05, 4.69) is 10.3 Å². The van der Waals surface area contributed by atoms with E-state index in [1.165, 1.54) is 11.8 Å². The smallest absolute Gasteiger partial charge is 0.259 e. The molecular weight excluding hydrogens is 420 g/mol. The molecule has 2 aromatic carbocycles. The molecule has 30 heavy (non-hydrogen) atoms. The summed E-state index contributed by atoms with van der Waals surface area (Å²) in [7, 11) is 0. The van der Waals surface area contributed by atoms with Gasteiger partial charge in [0.25, 0.3) is 5.91 Å². The first-order valence-corrected chi connectivity index (χ1v) is 10.9. The molecule has 0 saturated carbocycles. The Bertz CT molecular complexity index is 1080. The van der Waals surface area contributed by atoms with E-state index in [-0.39, 0.29) is 17.7 Å². The van der Waals surface area contributed by atoms with Crippen molar-refractivity contribution in [1.82, 2.24) is 4.90 Å². The maximum Gasteiger partial charge on any atom is 0.259 e. The minimum absolute atomic E-state index is 0.0648. The number of amides is 2. The zero-order valence-electron chi connectivity index (χ0n) is 16.8. The highest BCUT2D eigenvalue weighted by atomic mass is 35.5. The summed E-state index contributed by atoms with van der Waals surface area (Å²) >= 11 is 7.38. The molecule has 0 saturated heterocycles. The number of benzene rings is 2. The van der Waals surface area contributed by atoms with Crippen LogP contribution in [0.1, 0.15) is 26.3 Å². The third-order valence-electron chi connectivity index (χ3n) is 4.91. The first kappa shape index (κ1) is 20.6. The van der Waals surface area contributed by atoms with Crippen molar-refractivity contribution < 1.29 is 9.59 Å². The van der Waals surface area contributed by atoms with Crippen molar-refractivity contribution in [2.75, 3.05) is 5.32 Å². The number of fused-ring (bicyclic) bond motifs is 3. The molecule has 2 aliphatic heterocycles. The number of hydrogen-bond donors (Lipinski definition) is 1. The maximum absolute atomic E-state index is 13.1. The van der Waals surface area contributed by atoms with E-state index in [0.29, 0.717) is 21.7 Å². The van der Waals surface area contributed by atoms with Crippen LogP contribution in [0.5, 0.6) is 0 Å². The number of hydrogen-bond acceptors (Lipinski definition) is 5. The fourth-order valence-corrected chi connectivity index (χ4v) is 4.39. The number of anilines is 1. The second-order valence-electron chi connectivity index (χ2n) is 7.46. The molecule has 2 aromatic rings. The van der Waals surface area contributed by atoms with Gasteiger partial charge in [0.2, 0.25) is 5.91 Å². The number of carbonyl (C=O) groups excluding carboxylic acids is 2. The molecule has 0 aliphatic carbocycles. The number of nitrogens with zero attached hydrogens (tertiary/aromatic N) is 3. The predicted molar refractivity (Wildman–Crippen MR) is 123 cm³/mol. The van der Waals surface area contributed by atoms with Crippen molar-refractivity contribution in [3.8, 4) is 0 Å². The summed E-state index contributed by atoms with van der Waals surface area (Å²) in [6.07, 6.45) is 0. The average molecular weight is 441 g/mol. The molecule has 0 spiro atoms. The van der Waals surface area contributed by atoms with E-state index in [4.69, 9.17) is 16.6 Å². The van der Waals surface area contributed by atoms with Crippen LogP contribution in [-0.4, -0.2) is 39.0 Å². The van der Waals surface area contributed by atoms with Crippen LogP contribution >= 0.6 is 23.4 Å². The monoisotopic (exact) mass is 440 g/mol. The third-order valence-corrected chi connectivity index (χ3v) is 6.30. The molecule has 2 unspecified atom stereocenters. The van der Waals surface area contributed by atoms with Gasteiger partial charge < -0.3 is 5.32 Å². The van der Waals surface area contributed by atoms with Crippen LogP contribution in [0.2, 0.25) is 5.02 Å². The van der Waals surface area contributed by atoms with Crippen LogP contribution in [0.25, 0.3) is 0 Å². The predicted octanol–water partition coefficient (Wildman–Crippen LogP) is 4.71. The molecule has 0 radical (unpaired) electrons. The van der Waals surface area contributed by atoms with E-state index < -0.39 is 11.3 Å². The van der Waals surface area contributed by atoms with E-state index >= 15 is 0 Å². The molecule has 4 rings (SSSR count). The third kappa shape index (κ3) is 3.75. The zero-order valence-corrected chi connectivity index (χ0v) is 18.4. The molecule has 0 fully saturated rings. The summed E-state index contributed by atoms with van der Waals surface area (Å²) in [6.45, 7) is 5.72. The summed E-state index contributed by atoms with van der Waals surface area (Å²) in [4.78, 5) is 36.8. The maximum atomic E-state index is 13.1. The van der Waals surface area contributed by atoms with Gasteiger partial charge in [-0.15, -0.1) is 0 Å². The van der Waals surface area contributed by atoms with Gasteiger partial charge in [-0.05, 0) is 37.1 Å². The Balaban J connectivity index is 1.61. The van der Waals surface area contributed by atoms with Crippen LogP contribution in [0, 0.1) is 5.92 Å². The van der Waals surface area contributed by atoms with Gasteiger partial charge in [-0.25, -0.2) is 9.89 Å². The Hall–Kier alpha value is -2.64. The summed E-state index contributed by atoms with van der Waals surface area (Å²) < 4.78 is 0. The molecule has 2 heterocycles. The molecule has 1 N–H and O–H groups in total. The van der Waals surface area contributed by atoms with Gasteiger partial charge in [-0.2, -0.15) is 0 Å². The number of rotatable bonds is 4. The van der Waals surface area contributed by atoms with E-state index in [0.717, 1.165) is 11.3 Å². The standard InChI is InChI=1S/C22H21ClN4O2S/c1-12(2)18-21(29)27-19(26-18)14-8-4-6-10-16(14)25-22(27)30-13(3)20(28)24-17-11-7-5-9-15(17)23/h4-13,18H,1-3H3,(H,24,28). The topological polar surface area (TPSA) is 74.1 Å². The minimum Gasteiger partial charge on any atom is -0.324 e. The quantitative estimate of drug-likeness (QED) is 0.747. The van der Waals surface area contributed by atoms with Crippen molar-refractivity contribution in [3.05, 3.63) is 59.1 Å². The number of thioether (sulfide) groups is 1. The van der Waals surface area contributed by atoms with Crippen molar-refractivity contribution in [2.45, 2.75) is 32.1 Å². The van der Waals surface area contributed by atoms with Gasteiger partial charge in [0.15, 0.2) is 5.17 Å².